The summed E-state index contributed by atoms with van der Waals surface area (Å²) in [6.07, 6.45) is 3.30. The number of rotatable bonds is 5. The maximum atomic E-state index is 14.1. The molecule has 0 bridgehead atoms. The van der Waals surface area contributed by atoms with Gasteiger partial charge >= 0.3 is 0 Å². The van der Waals surface area contributed by atoms with E-state index in [0.717, 1.165) is 36.8 Å². The Hall–Kier alpha value is -2.73. The first-order valence-corrected chi connectivity index (χ1v) is 11.0. The van der Waals surface area contributed by atoms with Crippen molar-refractivity contribution in [1.29, 1.82) is 0 Å². The van der Waals surface area contributed by atoms with E-state index in [2.05, 4.69) is 5.32 Å². The molecule has 0 radical (unpaired) electrons. The second-order valence-corrected chi connectivity index (χ2v) is 8.58. The first-order valence-electron chi connectivity index (χ1n) is 11.0. The normalized spacial score (nSPS) is 23.5. The molecule has 4 rings (SSSR count). The van der Waals surface area contributed by atoms with Gasteiger partial charge in [0.15, 0.2) is 0 Å². The number of ether oxygens (including phenoxy) is 1. The lowest BCUT2D eigenvalue weighted by atomic mass is 9.74. The lowest BCUT2D eigenvalue weighted by Crippen LogP contribution is -2.55. The van der Waals surface area contributed by atoms with Gasteiger partial charge in [-0.15, -0.1) is 0 Å². The van der Waals surface area contributed by atoms with E-state index in [-0.39, 0.29) is 23.7 Å². The molecule has 2 heterocycles. The highest BCUT2D eigenvalue weighted by Crippen LogP contribution is 2.35. The zero-order valence-corrected chi connectivity index (χ0v) is 17.9. The van der Waals surface area contributed by atoms with Crippen LogP contribution < -0.4 is 5.32 Å². The van der Waals surface area contributed by atoms with E-state index in [0.29, 0.717) is 31.7 Å². The molecular weight excluding hydrogens is 395 g/mol. The van der Waals surface area contributed by atoms with Crippen LogP contribution in [0.15, 0.2) is 48.5 Å². The number of carbonyl (C=O) groups excluding carboxylic acids is 2. The van der Waals surface area contributed by atoms with Gasteiger partial charge in [-0.25, -0.2) is 4.39 Å². The van der Waals surface area contributed by atoms with Crippen molar-refractivity contribution in [3.63, 3.8) is 0 Å². The molecule has 0 unspecified atom stereocenters. The fourth-order valence-electron chi connectivity index (χ4n) is 4.86. The minimum atomic E-state index is -0.680. The molecule has 0 aliphatic carbocycles. The van der Waals surface area contributed by atoms with Crippen molar-refractivity contribution in [2.24, 2.45) is 5.41 Å². The Morgan fingerprint density at radius 1 is 1.16 bits per heavy atom. The smallest absolute Gasteiger partial charge is 0.251 e. The zero-order valence-electron chi connectivity index (χ0n) is 17.9. The van der Waals surface area contributed by atoms with E-state index in [1.807, 2.05) is 35.2 Å². The largest absolute Gasteiger partial charge is 0.368 e. The van der Waals surface area contributed by atoms with Crippen molar-refractivity contribution >= 4 is 11.8 Å². The molecule has 2 saturated heterocycles. The Labute approximate surface area is 182 Å². The minimum absolute atomic E-state index is 0.000351. The van der Waals surface area contributed by atoms with Gasteiger partial charge in [0.2, 0.25) is 5.91 Å². The molecular formula is C25H29FN2O3. The molecule has 0 aromatic heterocycles. The second-order valence-electron chi connectivity index (χ2n) is 8.58. The number of nitrogens with one attached hydrogen (secondary N) is 1. The van der Waals surface area contributed by atoms with Crippen molar-refractivity contribution in [3.05, 3.63) is 59.9 Å². The third kappa shape index (κ3) is 4.49. The summed E-state index contributed by atoms with van der Waals surface area (Å²) >= 11 is 0. The van der Waals surface area contributed by atoms with Gasteiger partial charge in [0, 0.05) is 32.3 Å². The molecule has 5 nitrogen and oxygen atoms in total. The molecule has 2 atom stereocenters. The topological polar surface area (TPSA) is 58.6 Å². The Balaban J connectivity index is 1.54. The van der Waals surface area contributed by atoms with E-state index in [1.165, 1.54) is 6.07 Å². The van der Waals surface area contributed by atoms with E-state index in [1.54, 1.807) is 19.2 Å². The third-order valence-corrected chi connectivity index (χ3v) is 6.48. The number of carbonyl (C=O) groups is 2. The van der Waals surface area contributed by atoms with Crippen LogP contribution in [-0.2, 0) is 20.7 Å². The highest BCUT2D eigenvalue weighted by molar-refractivity contribution is 5.86. The number of likely N-dealkylation sites (tertiary alicyclic amines) is 1. The molecule has 2 aliphatic rings. The highest BCUT2D eigenvalue weighted by Gasteiger charge is 2.44. The van der Waals surface area contributed by atoms with E-state index >= 15 is 0 Å². The fourth-order valence-corrected chi connectivity index (χ4v) is 4.86. The molecule has 31 heavy (non-hydrogen) atoms. The molecule has 2 aromatic carbocycles. The summed E-state index contributed by atoms with van der Waals surface area (Å²) in [4.78, 5) is 27.7. The number of hydrogen-bond donors (Lipinski definition) is 1. The van der Waals surface area contributed by atoms with Crippen molar-refractivity contribution < 1.29 is 18.7 Å². The predicted octanol–water partition coefficient (Wildman–Crippen LogP) is 3.57. The summed E-state index contributed by atoms with van der Waals surface area (Å²) in [6.45, 7) is 1.67. The van der Waals surface area contributed by atoms with Crippen LogP contribution in [0.4, 0.5) is 4.39 Å². The van der Waals surface area contributed by atoms with Gasteiger partial charge in [-0.3, -0.25) is 9.59 Å². The minimum Gasteiger partial charge on any atom is -0.368 e. The number of benzene rings is 2. The Morgan fingerprint density at radius 2 is 1.94 bits per heavy atom. The Bertz CT molecular complexity index is 940. The third-order valence-electron chi connectivity index (χ3n) is 6.48. The summed E-state index contributed by atoms with van der Waals surface area (Å²) in [7, 11) is 1.65. The fraction of sp³-hybridized carbons (Fsp3) is 0.440. The van der Waals surface area contributed by atoms with Crippen LogP contribution in [-0.4, -0.2) is 49.6 Å². The maximum absolute atomic E-state index is 14.1. The molecule has 0 spiro atoms. The molecule has 2 aliphatic heterocycles. The zero-order chi connectivity index (χ0) is 21.8. The van der Waals surface area contributed by atoms with Crippen molar-refractivity contribution in [3.8, 4) is 11.1 Å². The lowest BCUT2D eigenvalue weighted by molar-refractivity contribution is -0.148. The molecule has 1 N–H and O–H groups in total. The van der Waals surface area contributed by atoms with Gasteiger partial charge < -0.3 is 15.0 Å². The highest BCUT2D eigenvalue weighted by atomic mass is 19.1. The van der Waals surface area contributed by atoms with Crippen LogP contribution in [0.2, 0.25) is 0 Å². The van der Waals surface area contributed by atoms with Gasteiger partial charge in [-0.2, -0.15) is 0 Å². The summed E-state index contributed by atoms with van der Waals surface area (Å²) in [6, 6.07) is 14.4. The average molecular weight is 425 g/mol. The number of piperidine rings is 1. The number of amides is 2. The van der Waals surface area contributed by atoms with E-state index in [4.69, 9.17) is 4.74 Å². The summed E-state index contributed by atoms with van der Waals surface area (Å²) < 4.78 is 19.7. The van der Waals surface area contributed by atoms with Crippen molar-refractivity contribution in [2.45, 2.75) is 38.2 Å². The molecule has 6 heteroatoms. The molecule has 2 amide bonds. The first kappa shape index (κ1) is 21.5. The van der Waals surface area contributed by atoms with Crippen LogP contribution in [0.25, 0.3) is 11.1 Å². The summed E-state index contributed by atoms with van der Waals surface area (Å²) in [5, 5.41) is 2.81. The maximum Gasteiger partial charge on any atom is 0.251 e. The van der Waals surface area contributed by atoms with Gasteiger partial charge in [0.05, 0.1) is 5.41 Å². The number of hydrogen-bond acceptors (Lipinski definition) is 3. The summed E-state index contributed by atoms with van der Waals surface area (Å²) in [5.74, 6) is -0.302. The summed E-state index contributed by atoms with van der Waals surface area (Å²) in [5.41, 5.74) is 1.67. The second kappa shape index (κ2) is 9.18. The Kier molecular flexibility index (Phi) is 6.37. The lowest BCUT2D eigenvalue weighted by Gasteiger charge is -2.42. The van der Waals surface area contributed by atoms with Gasteiger partial charge in [0.1, 0.15) is 11.9 Å². The van der Waals surface area contributed by atoms with Gasteiger partial charge in [-0.05, 0) is 49.3 Å². The standard InChI is InChI=1S/C25H29FN2O3/c1-27-24(30)25(13-5-14-28(17-25)23(29)22-8-4-15-31-22)16-18-9-11-19(12-10-18)20-6-2-3-7-21(20)26/h2-3,6-7,9-12,22H,4-5,8,13-17H2,1H3,(H,27,30)/t22-,25-/m1/s1. The quantitative estimate of drug-likeness (QED) is 0.798. The SMILES string of the molecule is CNC(=O)[C@@]1(Cc2ccc(-c3ccccc3F)cc2)CCCN(C(=O)[C@H]2CCCO2)C1. The van der Waals surface area contributed by atoms with Gasteiger partial charge in [-0.1, -0.05) is 42.5 Å². The number of nitrogens with zero attached hydrogens (tertiary/aromatic N) is 1. The molecule has 164 valence electrons. The van der Waals surface area contributed by atoms with E-state index < -0.39 is 5.41 Å². The first-order chi connectivity index (χ1) is 15.0. The molecule has 0 saturated carbocycles. The Morgan fingerprint density at radius 3 is 2.61 bits per heavy atom. The molecule has 2 aromatic rings. The van der Waals surface area contributed by atoms with Crippen LogP contribution in [0, 0.1) is 11.2 Å². The monoisotopic (exact) mass is 424 g/mol. The van der Waals surface area contributed by atoms with Crippen molar-refractivity contribution in [1.82, 2.24) is 10.2 Å². The van der Waals surface area contributed by atoms with E-state index in [9.17, 15) is 14.0 Å². The average Bonchev–Trinajstić information content (AvgIpc) is 3.34. The van der Waals surface area contributed by atoms with Crippen LogP contribution >= 0.6 is 0 Å². The molecule has 2 fully saturated rings. The van der Waals surface area contributed by atoms with Crippen LogP contribution in [0.3, 0.4) is 0 Å². The van der Waals surface area contributed by atoms with Gasteiger partial charge in [0.25, 0.3) is 5.91 Å². The van der Waals surface area contributed by atoms with Crippen LogP contribution in [0.5, 0.6) is 0 Å². The van der Waals surface area contributed by atoms with Crippen LogP contribution in [0.1, 0.15) is 31.2 Å². The number of halogens is 1. The predicted molar refractivity (Wildman–Crippen MR) is 117 cm³/mol. The van der Waals surface area contributed by atoms with Crippen molar-refractivity contribution in [2.75, 3.05) is 26.7 Å².